The van der Waals surface area contributed by atoms with Crippen molar-refractivity contribution in [1.82, 2.24) is 24.9 Å². The number of hydrogen-bond acceptors (Lipinski definition) is 7. The molecule has 41 heavy (non-hydrogen) atoms. The number of thiophene rings is 1. The summed E-state index contributed by atoms with van der Waals surface area (Å²) in [5.41, 5.74) is 2.52. The van der Waals surface area contributed by atoms with Gasteiger partial charge in [0, 0.05) is 48.6 Å². The van der Waals surface area contributed by atoms with Gasteiger partial charge in [-0.15, -0.1) is 23.7 Å². The summed E-state index contributed by atoms with van der Waals surface area (Å²) in [4.78, 5) is 47.5. The van der Waals surface area contributed by atoms with Crippen molar-refractivity contribution < 1.29 is 22.8 Å². The summed E-state index contributed by atoms with van der Waals surface area (Å²) in [5, 5.41) is 7.38. The molecule has 14 heteroatoms. The molecule has 1 aromatic carbocycles. The molecule has 0 bridgehead atoms. The highest BCUT2D eigenvalue weighted by atomic mass is 35.5. The lowest BCUT2D eigenvalue weighted by atomic mass is 10.1. The third kappa shape index (κ3) is 8.15. The number of halogens is 1. The summed E-state index contributed by atoms with van der Waals surface area (Å²) >= 11 is 1.43. The fraction of sp³-hybridized carbons (Fsp3) is 0.407. The van der Waals surface area contributed by atoms with Gasteiger partial charge in [0.1, 0.15) is 10.9 Å². The zero-order chi connectivity index (χ0) is 28.7. The van der Waals surface area contributed by atoms with Gasteiger partial charge < -0.3 is 20.5 Å². The minimum Gasteiger partial charge on any atom is -0.354 e. The normalized spacial score (nSPS) is 14.5. The van der Waals surface area contributed by atoms with E-state index in [-0.39, 0.29) is 67.2 Å². The van der Waals surface area contributed by atoms with E-state index in [4.69, 9.17) is 0 Å². The Morgan fingerprint density at radius 1 is 1.20 bits per heavy atom. The molecular weight excluding hydrogens is 588 g/mol. The second kappa shape index (κ2) is 14.6. The van der Waals surface area contributed by atoms with Crippen LogP contribution in [0.25, 0.3) is 10.4 Å². The van der Waals surface area contributed by atoms with Crippen LogP contribution in [-0.2, 0) is 30.8 Å². The van der Waals surface area contributed by atoms with Gasteiger partial charge in [-0.05, 0) is 43.7 Å². The Kier molecular flexibility index (Phi) is 11.5. The summed E-state index contributed by atoms with van der Waals surface area (Å²) in [6.07, 6.45) is 3.21. The van der Waals surface area contributed by atoms with Crippen molar-refractivity contribution in [3.05, 3.63) is 53.4 Å². The number of para-hydroxylation sites is 1. The van der Waals surface area contributed by atoms with Crippen LogP contribution in [0.4, 0.5) is 5.69 Å². The minimum absolute atomic E-state index is 0. The van der Waals surface area contributed by atoms with Gasteiger partial charge in [0.25, 0.3) is 0 Å². The van der Waals surface area contributed by atoms with Crippen molar-refractivity contribution in [2.45, 2.75) is 56.9 Å². The quantitative estimate of drug-likeness (QED) is 0.258. The Morgan fingerprint density at radius 3 is 2.68 bits per heavy atom. The number of nitrogens with one attached hydrogen (secondary N) is 4. The molecule has 1 aliphatic heterocycles. The molecule has 4 N–H and O–H groups in total. The number of anilines is 1. The van der Waals surface area contributed by atoms with Gasteiger partial charge in [-0.2, -0.15) is 4.72 Å². The van der Waals surface area contributed by atoms with Crippen molar-refractivity contribution >= 4 is 57.2 Å². The van der Waals surface area contributed by atoms with E-state index in [2.05, 4.69) is 25.3 Å². The highest BCUT2D eigenvalue weighted by Gasteiger charge is 2.32. The molecule has 222 valence electrons. The molecule has 1 aliphatic rings. The molecule has 3 heterocycles. The number of H-pyrrole nitrogens is 1. The van der Waals surface area contributed by atoms with Crippen molar-refractivity contribution in [2.75, 3.05) is 25.0 Å². The van der Waals surface area contributed by atoms with Crippen LogP contribution in [0.1, 0.15) is 44.0 Å². The monoisotopic (exact) mass is 622 g/mol. The summed E-state index contributed by atoms with van der Waals surface area (Å²) in [7, 11) is -4.27. The number of rotatable bonds is 11. The summed E-state index contributed by atoms with van der Waals surface area (Å²) in [5.74, 6) is -0.875. The Labute approximate surface area is 250 Å². The number of carbonyl (C=O) groups excluding carboxylic acids is 3. The SMILES string of the molecule is CCC(=O)Nc1c(-c2cccs2)cccc1S(=O)(=O)N[C@@H](CCCc1nc[nH]c1C)C(=O)N1CCNC(=O)CC1.Cl. The van der Waals surface area contributed by atoms with Crippen LogP contribution in [-0.4, -0.2) is 66.7 Å². The van der Waals surface area contributed by atoms with E-state index in [0.29, 0.717) is 24.9 Å². The van der Waals surface area contributed by atoms with E-state index in [1.165, 1.54) is 22.3 Å². The second-order valence-corrected chi connectivity index (χ2v) is 12.2. The fourth-order valence-electron chi connectivity index (χ4n) is 4.55. The van der Waals surface area contributed by atoms with Gasteiger partial charge >= 0.3 is 0 Å². The Bertz CT molecular complexity index is 1460. The van der Waals surface area contributed by atoms with Crippen LogP contribution >= 0.6 is 23.7 Å². The Morgan fingerprint density at radius 2 is 2.00 bits per heavy atom. The number of aromatic amines is 1. The minimum atomic E-state index is -4.27. The van der Waals surface area contributed by atoms with Crippen LogP contribution in [0.2, 0.25) is 0 Å². The number of carbonyl (C=O) groups is 3. The zero-order valence-electron chi connectivity index (χ0n) is 22.9. The maximum Gasteiger partial charge on any atom is 0.243 e. The third-order valence-corrected chi connectivity index (χ3v) is 9.17. The molecule has 1 fully saturated rings. The highest BCUT2D eigenvalue weighted by molar-refractivity contribution is 7.89. The first kappa shape index (κ1) is 32.3. The van der Waals surface area contributed by atoms with Crippen molar-refractivity contribution in [1.29, 1.82) is 0 Å². The van der Waals surface area contributed by atoms with Crippen molar-refractivity contribution in [2.24, 2.45) is 0 Å². The maximum atomic E-state index is 13.9. The Balaban J connectivity index is 0.00000462. The lowest BCUT2D eigenvalue weighted by Gasteiger charge is -2.27. The number of aromatic nitrogens is 2. The number of amides is 3. The maximum absolute atomic E-state index is 13.9. The number of sulfonamides is 1. The highest BCUT2D eigenvalue weighted by Crippen LogP contribution is 2.36. The fourth-order valence-corrected chi connectivity index (χ4v) is 6.72. The molecular formula is C27H35ClN6O5S2. The van der Waals surface area contributed by atoms with Crippen LogP contribution in [0, 0.1) is 6.92 Å². The van der Waals surface area contributed by atoms with Crippen LogP contribution in [0.5, 0.6) is 0 Å². The molecule has 0 aliphatic carbocycles. The number of hydrogen-bond donors (Lipinski definition) is 4. The predicted octanol–water partition coefficient (Wildman–Crippen LogP) is 3.24. The first-order valence-corrected chi connectivity index (χ1v) is 15.6. The largest absolute Gasteiger partial charge is 0.354 e. The zero-order valence-corrected chi connectivity index (χ0v) is 25.4. The third-order valence-electron chi connectivity index (χ3n) is 6.75. The lowest BCUT2D eigenvalue weighted by Crippen LogP contribution is -2.49. The summed E-state index contributed by atoms with van der Waals surface area (Å²) in [6.45, 7) is 4.38. The van der Waals surface area contributed by atoms with E-state index < -0.39 is 22.0 Å². The first-order chi connectivity index (χ1) is 19.2. The van der Waals surface area contributed by atoms with E-state index in [0.717, 1.165) is 16.3 Å². The molecule has 0 unspecified atom stereocenters. The van der Waals surface area contributed by atoms with E-state index in [9.17, 15) is 22.8 Å². The Hall–Kier alpha value is -3.26. The van der Waals surface area contributed by atoms with Crippen LogP contribution < -0.4 is 15.4 Å². The summed E-state index contributed by atoms with van der Waals surface area (Å²) in [6, 6.07) is 7.43. The molecule has 1 atom stereocenters. The molecule has 11 nitrogen and oxygen atoms in total. The van der Waals surface area contributed by atoms with Crippen molar-refractivity contribution in [3.8, 4) is 10.4 Å². The van der Waals surface area contributed by atoms with Crippen molar-refractivity contribution in [3.63, 3.8) is 0 Å². The average Bonchev–Trinajstić information content (AvgIpc) is 3.56. The molecule has 1 saturated heterocycles. The number of aryl methyl sites for hydroxylation is 2. The lowest BCUT2D eigenvalue weighted by molar-refractivity contribution is -0.133. The molecule has 3 amide bonds. The topological polar surface area (TPSA) is 153 Å². The van der Waals surface area contributed by atoms with E-state index >= 15 is 0 Å². The van der Waals surface area contributed by atoms with Crippen LogP contribution in [0.3, 0.4) is 0 Å². The van der Waals surface area contributed by atoms with Gasteiger partial charge in [-0.25, -0.2) is 13.4 Å². The van der Waals surface area contributed by atoms with Gasteiger partial charge in [0.15, 0.2) is 0 Å². The van der Waals surface area contributed by atoms with Gasteiger partial charge in [0.2, 0.25) is 27.7 Å². The molecule has 4 rings (SSSR count). The second-order valence-electron chi connectivity index (χ2n) is 9.52. The van der Waals surface area contributed by atoms with Gasteiger partial charge in [-0.3, -0.25) is 14.4 Å². The number of imidazole rings is 1. The van der Waals surface area contributed by atoms with Gasteiger partial charge in [0.05, 0.1) is 17.7 Å². The van der Waals surface area contributed by atoms with E-state index in [1.54, 1.807) is 25.4 Å². The molecule has 0 saturated carbocycles. The molecule has 0 radical (unpaired) electrons. The predicted molar refractivity (Wildman–Crippen MR) is 161 cm³/mol. The smallest absolute Gasteiger partial charge is 0.243 e. The van der Waals surface area contributed by atoms with Gasteiger partial charge in [-0.1, -0.05) is 25.1 Å². The number of benzene rings is 1. The van der Waals surface area contributed by atoms with Crippen LogP contribution in [0.15, 0.2) is 46.9 Å². The average molecular weight is 623 g/mol. The molecule has 2 aromatic heterocycles. The standard InChI is InChI=1S/C27H34N6O5S2.ClH/c1-3-24(34)31-26-19(22-10-6-16-39-22)7-4-11-23(26)40(37,38)32-21(9-5-8-20-18(2)29-17-30-20)27(36)33-14-12-25(35)28-13-15-33;/h4,6-7,10-11,16-17,21,32H,3,5,8-9,12-15H2,1-2H3,(H,28,35)(H,29,30)(H,31,34);1H/t21-;/m0./s1. The van der Waals surface area contributed by atoms with E-state index in [1.807, 2.05) is 24.4 Å². The molecule has 0 spiro atoms. The number of nitrogens with zero attached hydrogens (tertiary/aromatic N) is 2. The molecule has 3 aromatic rings. The summed E-state index contributed by atoms with van der Waals surface area (Å²) < 4.78 is 30.4. The first-order valence-electron chi connectivity index (χ1n) is 13.2.